The van der Waals surface area contributed by atoms with Gasteiger partial charge in [0.05, 0.1) is 5.60 Å². The number of amides is 1. The summed E-state index contributed by atoms with van der Waals surface area (Å²) in [5.41, 5.74) is -0.0742. The van der Waals surface area contributed by atoms with E-state index < -0.39 is 5.60 Å². The fourth-order valence-corrected chi connectivity index (χ4v) is 2.47. The first-order chi connectivity index (χ1) is 10.1. The minimum absolute atomic E-state index is 0.0951. The van der Waals surface area contributed by atoms with Gasteiger partial charge in [-0.15, -0.1) is 0 Å². The second kappa shape index (κ2) is 6.94. The van der Waals surface area contributed by atoms with Crippen molar-refractivity contribution < 1.29 is 14.6 Å². The summed E-state index contributed by atoms with van der Waals surface area (Å²) in [6.45, 7) is 5.89. The van der Waals surface area contributed by atoms with Crippen LogP contribution in [-0.4, -0.2) is 41.2 Å². The number of likely N-dealkylation sites (tertiary alicyclic amines) is 1. The van der Waals surface area contributed by atoms with Gasteiger partial charge in [0.25, 0.3) is 5.91 Å². The van der Waals surface area contributed by atoms with E-state index in [4.69, 9.17) is 4.74 Å². The summed E-state index contributed by atoms with van der Waals surface area (Å²) in [7, 11) is 0. The standard InChI is InChI=1S/C17H25NO3/c1-3-17(20,4-2)13-21-15-9-7-14(8-10-15)16(19)18-11-5-6-12-18/h7-10,20H,3-6,11-13H2,1-2H3. The molecule has 1 N–H and O–H groups in total. The molecule has 0 radical (unpaired) electrons. The molecule has 0 aliphatic carbocycles. The van der Waals surface area contributed by atoms with E-state index in [0.29, 0.717) is 24.2 Å². The van der Waals surface area contributed by atoms with Gasteiger partial charge >= 0.3 is 0 Å². The van der Waals surface area contributed by atoms with Gasteiger partial charge in [-0.2, -0.15) is 0 Å². The molecule has 1 saturated heterocycles. The maximum absolute atomic E-state index is 12.2. The number of hydrogen-bond acceptors (Lipinski definition) is 3. The smallest absolute Gasteiger partial charge is 0.253 e. The number of aliphatic hydroxyl groups is 1. The first-order valence-electron chi connectivity index (χ1n) is 7.82. The van der Waals surface area contributed by atoms with Crippen molar-refractivity contribution in [1.82, 2.24) is 4.90 Å². The zero-order chi connectivity index (χ0) is 15.3. The van der Waals surface area contributed by atoms with Crippen LogP contribution in [0.1, 0.15) is 49.9 Å². The van der Waals surface area contributed by atoms with Gasteiger partial charge in [0.15, 0.2) is 0 Å². The number of carbonyl (C=O) groups excluding carboxylic acids is 1. The van der Waals surface area contributed by atoms with Crippen LogP contribution in [0.15, 0.2) is 24.3 Å². The summed E-state index contributed by atoms with van der Waals surface area (Å²) >= 11 is 0. The Morgan fingerprint density at radius 1 is 1.19 bits per heavy atom. The Kier molecular flexibility index (Phi) is 5.23. The number of rotatable bonds is 6. The van der Waals surface area contributed by atoms with Crippen molar-refractivity contribution in [3.05, 3.63) is 29.8 Å². The van der Waals surface area contributed by atoms with Crippen molar-refractivity contribution in [2.24, 2.45) is 0 Å². The Bertz CT molecular complexity index is 459. The molecule has 1 aliphatic heterocycles. The van der Waals surface area contributed by atoms with E-state index >= 15 is 0 Å². The third kappa shape index (κ3) is 3.97. The molecule has 1 aliphatic rings. The first-order valence-corrected chi connectivity index (χ1v) is 7.82. The normalized spacial score (nSPS) is 15.3. The van der Waals surface area contributed by atoms with Crippen molar-refractivity contribution in [1.29, 1.82) is 0 Å². The Balaban J connectivity index is 1.94. The molecule has 1 aromatic rings. The van der Waals surface area contributed by atoms with Gasteiger partial charge in [0.1, 0.15) is 12.4 Å². The Labute approximate surface area is 126 Å². The summed E-state index contributed by atoms with van der Waals surface area (Å²) in [4.78, 5) is 14.1. The fourth-order valence-electron chi connectivity index (χ4n) is 2.47. The van der Waals surface area contributed by atoms with Crippen molar-refractivity contribution in [3.8, 4) is 5.75 Å². The van der Waals surface area contributed by atoms with E-state index in [-0.39, 0.29) is 12.5 Å². The Morgan fingerprint density at radius 2 is 1.76 bits per heavy atom. The van der Waals surface area contributed by atoms with Crippen molar-refractivity contribution >= 4 is 5.91 Å². The van der Waals surface area contributed by atoms with Crippen LogP contribution in [0.2, 0.25) is 0 Å². The number of carbonyl (C=O) groups is 1. The highest BCUT2D eigenvalue weighted by atomic mass is 16.5. The van der Waals surface area contributed by atoms with E-state index in [9.17, 15) is 9.90 Å². The van der Waals surface area contributed by atoms with Gasteiger partial charge in [-0.25, -0.2) is 0 Å². The molecule has 0 unspecified atom stereocenters. The molecule has 1 fully saturated rings. The predicted molar refractivity (Wildman–Crippen MR) is 82.6 cm³/mol. The largest absolute Gasteiger partial charge is 0.491 e. The number of nitrogens with zero attached hydrogens (tertiary/aromatic N) is 1. The summed E-state index contributed by atoms with van der Waals surface area (Å²) in [5.74, 6) is 0.783. The van der Waals surface area contributed by atoms with Gasteiger partial charge < -0.3 is 14.7 Å². The zero-order valence-electron chi connectivity index (χ0n) is 13.0. The van der Waals surface area contributed by atoms with Gasteiger partial charge in [-0.1, -0.05) is 13.8 Å². The predicted octanol–water partition coefficient (Wildman–Crippen LogP) is 2.85. The van der Waals surface area contributed by atoms with Gasteiger partial charge in [-0.3, -0.25) is 4.79 Å². The molecule has 1 amide bonds. The molecule has 116 valence electrons. The van der Waals surface area contributed by atoms with Crippen LogP contribution < -0.4 is 4.74 Å². The lowest BCUT2D eigenvalue weighted by Crippen LogP contribution is -2.34. The molecule has 4 heteroatoms. The molecular formula is C17H25NO3. The minimum atomic E-state index is -0.774. The second-order valence-corrected chi connectivity index (χ2v) is 5.74. The molecule has 0 bridgehead atoms. The molecule has 0 spiro atoms. The Morgan fingerprint density at radius 3 is 2.29 bits per heavy atom. The summed E-state index contributed by atoms with van der Waals surface area (Å²) < 4.78 is 5.64. The zero-order valence-corrected chi connectivity index (χ0v) is 13.0. The van der Waals surface area contributed by atoms with Crippen LogP contribution >= 0.6 is 0 Å². The molecular weight excluding hydrogens is 266 g/mol. The van der Waals surface area contributed by atoms with Gasteiger partial charge in [0.2, 0.25) is 0 Å². The summed E-state index contributed by atoms with van der Waals surface area (Å²) in [6.07, 6.45) is 3.52. The van der Waals surface area contributed by atoms with E-state index in [0.717, 1.165) is 25.9 Å². The van der Waals surface area contributed by atoms with Crippen LogP contribution in [0.3, 0.4) is 0 Å². The van der Waals surface area contributed by atoms with E-state index in [1.807, 2.05) is 18.7 Å². The fraction of sp³-hybridized carbons (Fsp3) is 0.588. The molecule has 0 saturated carbocycles. The molecule has 4 nitrogen and oxygen atoms in total. The second-order valence-electron chi connectivity index (χ2n) is 5.74. The molecule has 2 rings (SSSR count). The van der Waals surface area contributed by atoms with Gasteiger partial charge in [-0.05, 0) is 49.9 Å². The SMILES string of the molecule is CCC(O)(CC)COc1ccc(C(=O)N2CCCC2)cc1. The summed E-state index contributed by atoms with van der Waals surface area (Å²) in [5, 5.41) is 10.2. The lowest BCUT2D eigenvalue weighted by Gasteiger charge is -2.25. The van der Waals surface area contributed by atoms with Crippen molar-refractivity contribution in [2.45, 2.75) is 45.1 Å². The third-order valence-corrected chi connectivity index (χ3v) is 4.32. The topological polar surface area (TPSA) is 49.8 Å². The van der Waals surface area contributed by atoms with E-state index in [1.54, 1.807) is 24.3 Å². The maximum Gasteiger partial charge on any atom is 0.253 e. The third-order valence-electron chi connectivity index (χ3n) is 4.32. The average Bonchev–Trinajstić information content (AvgIpc) is 3.07. The maximum atomic E-state index is 12.2. The van der Waals surface area contributed by atoms with Crippen LogP contribution in [0.5, 0.6) is 5.75 Å². The Hall–Kier alpha value is -1.55. The van der Waals surface area contributed by atoms with Crippen LogP contribution in [0, 0.1) is 0 Å². The minimum Gasteiger partial charge on any atom is -0.491 e. The van der Waals surface area contributed by atoms with Gasteiger partial charge in [0, 0.05) is 18.7 Å². The molecule has 0 atom stereocenters. The van der Waals surface area contributed by atoms with Crippen LogP contribution in [0.4, 0.5) is 0 Å². The number of hydrogen-bond donors (Lipinski definition) is 1. The molecule has 21 heavy (non-hydrogen) atoms. The lowest BCUT2D eigenvalue weighted by molar-refractivity contribution is -0.0113. The quantitative estimate of drug-likeness (QED) is 0.877. The molecule has 1 heterocycles. The first kappa shape index (κ1) is 15.8. The summed E-state index contributed by atoms with van der Waals surface area (Å²) in [6, 6.07) is 7.20. The average molecular weight is 291 g/mol. The molecule has 1 aromatic carbocycles. The van der Waals surface area contributed by atoms with Crippen molar-refractivity contribution in [3.63, 3.8) is 0 Å². The van der Waals surface area contributed by atoms with Crippen LogP contribution in [0.25, 0.3) is 0 Å². The van der Waals surface area contributed by atoms with E-state index in [1.165, 1.54) is 0 Å². The highest BCUT2D eigenvalue weighted by Crippen LogP contribution is 2.20. The monoisotopic (exact) mass is 291 g/mol. The number of ether oxygens (including phenoxy) is 1. The molecule has 0 aromatic heterocycles. The highest BCUT2D eigenvalue weighted by molar-refractivity contribution is 5.94. The van der Waals surface area contributed by atoms with E-state index in [2.05, 4.69) is 0 Å². The lowest BCUT2D eigenvalue weighted by atomic mass is 9.99. The van der Waals surface area contributed by atoms with Crippen LogP contribution in [-0.2, 0) is 0 Å². The number of benzene rings is 1. The van der Waals surface area contributed by atoms with Crippen molar-refractivity contribution in [2.75, 3.05) is 19.7 Å². The highest BCUT2D eigenvalue weighted by Gasteiger charge is 2.23.